The second-order valence-electron chi connectivity index (χ2n) is 6.08. The predicted octanol–water partition coefficient (Wildman–Crippen LogP) is 4.42. The van der Waals surface area contributed by atoms with Crippen LogP contribution in [0.3, 0.4) is 0 Å². The number of hydrogen-bond acceptors (Lipinski definition) is 4. The lowest BCUT2D eigenvalue weighted by atomic mass is 10.1. The van der Waals surface area contributed by atoms with Crippen molar-refractivity contribution < 1.29 is 9.53 Å². The van der Waals surface area contributed by atoms with Gasteiger partial charge in [-0.15, -0.1) is 11.8 Å². The molecule has 0 atom stereocenters. The molecule has 2 aromatic rings. The third kappa shape index (κ3) is 4.92. The predicted molar refractivity (Wildman–Crippen MR) is 105 cm³/mol. The zero-order chi connectivity index (χ0) is 17.5. The van der Waals surface area contributed by atoms with Gasteiger partial charge < -0.3 is 15.0 Å². The highest BCUT2D eigenvalue weighted by Crippen LogP contribution is 2.29. The molecule has 1 saturated heterocycles. The fourth-order valence-corrected chi connectivity index (χ4v) is 3.70. The molecule has 1 amide bonds. The lowest BCUT2D eigenvalue weighted by Crippen LogP contribution is -2.30. The first-order valence-corrected chi connectivity index (χ1v) is 9.65. The van der Waals surface area contributed by atoms with E-state index in [9.17, 15) is 4.79 Å². The Morgan fingerprint density at radius 2 is 1.80 bits per heavy atom. The molecule has 0 aliphatic carbocycles. The maximum Gasteiger partial charge on any atom is 0.234 e. The molecule has 1 N–H and O–H groups in total. The number of anilines is 2. The molecule has 0 radical (unpaired) electrons. The molecule has 5 heteroatoms. The second kappa shape index (κ2) is 8.81. The summed E-state index contributed by atoms with van der Waals surface area (Å²) in [6.07, 6.45) is 3.73. The SMILES string of the molecule is COc1ccc(SCC(=O)Nc2ccccc2N2CCCCC2)cc1. The Morgan fingerprint density at radius 1 is 1.08 bits per heavy atom. The van der Waals surface area contributed by atoms with Crippen LogP contribution in [0.1, 0.15) is 19.3 Å². The van der Waals surface area contributed by atoms with Crippen LogP contribution in [0, 0.1) is 0 Å². The molecule has 1 aliphatic rings. The van der Waals surface area contributed by atoms with Gasteiger partial charge in [0.2, 0.25) is 5.91 Å². The maximum atomic E-state index is 12.4. The van der Waals surface area contributed by atoms with Crippen LogP contribution < -0.4 is 15.0 Å². The lowest BCUT2D eigenvalue weighted by Gasteiger charge is -2.30. The van der Waals surface area contributed by atoms with Crippen LogP contribution >= 0.6 is 11.8 Å². The zero-order valence-electron chi connectivity index (χ0n) is 14.5. The average Bonchev–Trinajstić information content (AvgIpc) is 2.68. The number of methoxy groups -OCH3 is 1. The molecule has 132 valence electrons. The van der Waals surface area contributed by atoms with Gasteiger partial charge in [0.1, 0.15) is 5.75 Å². The number of carbonyl (C=O) groups is 1. The van der Waals surface area contributed by atoms with Gasteiger partial charge in [0.25, 0.3) is 0 Å². The number of para-hydroxylation sites is 2. The number of hydrogen-bond donors (Lipinski definition) is 1. The van der Waals surface area contributed by atoms with E-state index >= 15 is 0 Å². The van der Waals surface area contributed by atoms with E-state index in [1.165, 1.54) is 31.0 Å². The van der Waals surface area contributed by atoms with E-state index < -0.39 is 0 Å². The summed E-state index contributed by atoms with van der Waals surface area (Å²) in [6.45, 7) is 2.13. The Bertz CT molecular complexity index is 697. The van der Waals surface area contributed by atoms with E-state index in [0.29, 0.717) is 5.75 Å². The Labute approximate surface area is 153 Å². The molecule has 1 heterocycles. The maximum absolute atomic E-state index is 12.4. The third-order valence-corrected chi connectivity index (χ3v) is 5.32. The number of piperidine rings is 1. The number of nitrogens with one attached hydrogen (secondary N) is 1. The first-order chi connectivity index (χ1) is 12.3. The summed E-state index contributed by atoms with van der Waals surface area (Å²) in [6, 6.07) is 15.8. The van der Waals surface area contributed by atoms with E-state index in [-0.39, 0.29) is 5.91 Å². The molecule has 0 spiro atoms. The van der Waals surface area contributed by atoms with Crippen molar-refractivity contribution in [2.24, 2.45) is 0 Å². The van der Waals surface area contributed by atoms with Gasteiger partial charge >= 0.3 is 0 Å². The summed E-state index contributed by atoms with van der Waals surface area (Å²) in [5, 5.41) is 3.07. The molecule has 25 heavy (non-hydrogen) atoms. The fourth-order valence-electron chi connectivity index (χ4n) is 3.00. The lowest BCUT2D eigenvalue weighted by molar-refractivity contribution is -0.113. The molecule has 3 rings (SSSR count). The smallest absolute Gasteiger partial charge is 0.234 e. The van der Waals surface area contributed by atoms with E-state index in [2.05, 4.69) is 16.3 Å². The number of rotatable bonds is 6. The molecule has 0 unspecified atom stereocenters. The van der Waals surface area contributed by atoms with Crippen LogP contribution in [0.5, 0.6) is 5.75 Å². The molecular weight excluding hydrogens is 332 g/mol. The summed E-state index contributed by atoms with van der Waals surface area (Å²) in [7, 11) is 1.65. The Morgan fingerprint density at radius 3 is 2.52 bits per heavy atom. The van der Waals surface area contributed by atoms with Gasteiger partial charge in [0.15, 0.2) is 0 Å². The second-order valence-corrected chi connectivity index (χ2v) is 7.13. The fraction of sp³-hybridized carbons (Fsp3) is 0.350. The van der Waals surface area contributed by atoms with Crippen molar-refractivity contribution in [2.75, 3.05) is 36.2 Å². The van der Waals surface area contributed by atoms with E-state index in [1.54, 1.807) is 7.11 Å². The van der Waals surface area contributed by atoms with Crippen molar-refractivity contribution in [3.8, 4) is 5.75 Å². The first kappa shape index (κ1) is 17.7. The van der Waals surface area contributed by atoms with Crippen molar-refractivity contribution in [1.29, 1.82) is 0 Å². The molecule has 0 bridgehead atoms. The third-order valence-electron chi connectivity index (χ3n) is 4.30. The summed E-state index contributed by atoms with van der Waals surface area (Å²) >= 11 is 1.53. The number of amides is 1. The normalized spacial score (nSPS) is 14.2. The quantitative estimate of drug-likeness (QED) is 0.778. The van der Waals surface area contributed by atoms with Crippen LogP contribution in [-0.2, 0) is 4.79 Å². The minimum absolute atomic E-state index is 0.0188. The molecule has 0 saturated carbocycles. The van der Waals surface area contributed by atoms with Gasteiger partial charge in [0, 0.05) is 18.0 Å². The van der Waals surface area contributed by atoms with Crippen molar-refractivity contribution in [2.45, 2.75) is 24.2 Å². The number of nitrogens with zero attached hydrogens (tertiary/aromatic N) is 1. The largest absolute Gasteiger partial charge is 0.497 e. The van der Waals surface area contributed by atoms with Crippen molar-refractivity contribution in [1.82, 2.24) is 0 Å². The number of thioether (sulfide) groups is 1. The van der Waals surface area contributed by atoms with Crippen LogP contribution in [0.4, 0.5) is 11.4 Å². The standard InChI is InChI=1S/C20H24N2O2S/c1-24-16-9-11-17(12-10-16)25-15-20(23)21-18-7-3-4-8-19(18)22-13-5-2-6-14-22/h3-4,7-12H,2,5-6,13-15H2,1H3,(H,21,23). The van der Waals surface area contributed by atoms with E-state index in [1.807, 2.05) is 42.5 Å². The van der Waals surface area contributed by atoms with Crippen LogP contribution in [-0.4, -0.2) is 31.9 Å². The highest BCUT2D eigenvalue weighted by atomic mass is 32.2. The minimum Gasteiger partial charge on any atom is -0.497 e. The minimum atomic E-state index is 0.0188. The summed E-state index contributed by atoms with van der Waals surface area (Å²) < 4.78 is 5.15. The summed E-state index contributed by atoms with van der Waals surface area (Å²) in [4.78, 5) is 15.8. The van der Waals surface area contributed by atoms with Gasteiger partial charge in [0.05, 0.1) is 24.2 Å². The topological polar surface area (TPSA) is 41.6 Å². The number of benzene rings is 2. The Hall–Kier alpha value is -2.14. The Kier molecular flexibility index (Phi) is 6.23. The monoisotopic (exact) mass is 356 g/mol. The van der Waals surface area contributed by atoms with Gasteiger partial charge in [-0.05, 0) is 55.7 Å². The Balaban J connectivity index is 1.58. The highest BCUT2D eigenvalue weighted by molar-refractivity contribution is 8.00. The zero-order valence-corrected chi connectivity index (χ0v) is 15.3. The average molecular weight is 356 g/mol. The van der Waals surface area contributed by atoms with Gasteiger partial charge in [-0.25, -0.2) is 0 Å². The van der Waals surface area contributed by atoms with Crippen LogP contribution in [0.2, 0.25) is 0 Å². The highest BCUT2D eigenvalue weighted by Gasteiger charge is 2.15. The van der Waals surface area contributed by atoms with Gasteiger partial charge in [-0.2, -0.15) is 0 Å². The van der Waals surface area contributed by atoms with Crippen LogP contribution in [0.15, 0.2) is 53.4 Å². The molecule has 1 aliphatic heterocycles. The van der Waals surface area contributed by atoms with E-state index in [0.717, 1.165) is 35.1 Å². The summed E-state index contributed by atoms with van der Waals surface area (Å²) in [5.74, 6) is 1.23. The van der Waals surface area contributed by atoms with Crippen molar-refractivity contribution in [3.05, 3.63) is 48.5 Å². The number of ether oxygens (including phenoxy) is 1. The molecule has 1 fully saturated rings. The van der Waals surface area contributed by atoms with Crippen molar-refractivity contribution >= 4 is 29.0 Å². The molecular formula is C20H24N2O2S. The molecule has 0 aromatic heterocycles. The van der Waals surface area contributed by atoms with E-state index in [4.69, 9.17) is 4.74 Å². The van der Waals surface area contributed by atoms with Gasteiger partial charge in [-0.1, -0.05) is 12.1 Å². The van der Waals surface area contributed by atoms with Gasteiger partial charge in [-0.3, -0.25) is 4.79 Å². The first-order valence-electron chi connectivity index (χ1n) is 8.67. The summed E-state index contributed by atoms with van der Waals surface area (Å²) in [5.41, 5.74) is 2.04. The number of carbonyl (C=O) groups excluding carboxylic acids is 1. The van der Waals surface area contributed by atoms with Crippen LogP contribution in [0.25, 0.3) is 0 Å². The van der Waals surface area contributed by atoms with Crippen molar-refractivity contribution in [3.63, 3.8) is 0 Å². The molecule has 4 nitrogen and oxygen atoms in total. The molecule has 2 aromatic carbocycles.